The molecule has 1 aromatic carbocycles. The van der Waals surface area contributed by atoms with Crippen LogP contribution in [0.2, 0.25) is 0 Å². The molecule has 3 aromatic rings. The summed E-state index contributed by atoms with van der Waals surface area (Å²) >= 11 is 0. The first kappa shape index (κ1) is 16.7. The van der Waals surface area contributed by atoms with Gasteiger partial charge in [-0.2, -0.15) is 5.10 Å². The van der Waals surface area contributed by atoms with Crippen molar-refractivity contribution in [3.05, 3.63) is 66.9 Å². The van der Waals surface area contributed by atoms with Crippen molar-refractivity contribution in [2.45, 2.75) is 6.54 Å². The number of carbonyl (C=O) groups excluding carboxylic acids is 1. The Kier molecular flexibility index (Phi) is 5.38. The zero-order chi connectivity index (χ0) is 17.5. The predicted molar refractivity (Wildman–Crippen MR) is 95.3 cm³/mol. The Hall–Kier alpha value is -3.19. The van der Waals surface area contributed by atoms with Gasteiger partial charge in [-0.25, -0.2) is 4.98 Å². The number of hydrogen-bond donors (Lipinski definition) is 1. The number of hydrogen-bond acceptors (Lipinski definition) is 4. The summed E-state index contributed by atoms with van der Waals surface area (Å²) in [4.78, 5) is 16.0. The number of nitrogens with one attached hydrogen (secondary N) is 1. The van der Waals surface area contributed by atoms with E-state index in [0.717, 1.165) is 11.3 Å². The van der Waals surface area contributed by atoms with Crippen LogP contribution in [0.1, 0.15) is 5.56 Å². The molecule has 7 nitrogen and oxygen atoms in total. The van der Waals surface area contributed by atoms with Crippen LogP contribution in [0.4, 0.5) is 5.82 Å². The highest BCUT2D eigenvalue weighted by Crippen LogP contribution is 2.10. The first-order valence-electron chi connectivity index (χ1n) is 7.84. The molecule has 0 aliphatic heterocycles. The fraction of sp³-hybridized carbons (Fsp3) is 0.167. The molecule has 1 amide bonds. The van der Waals surface area contributed by atoms with Crippen molar-refractivity contribution in [2.75, 3.05) is 19.0 Å². The third kappa shape index (κ3) is 4.65. The SMILES string of the molecule is COCCn1ccc(NC(=O)/C=C/c2ccc(-n3ccnc3)cc2)n1. The minimum atomic E-state index is -0.226. The van der Waals surface area contributed by atoms with Crippen molar-refractivity contribution < 1.29 is 9.53 Å². The summed E-state index contributed by atoms with van der Waals surface area (Å²) in [5, 5.41) is 6.98. The van der Waals surface area contributed by atoms with E-state index in [1.165, 1.54) is 6.08 Å². The molecule has 0 aliphatic carbocycles. The lowest BCUT2D eigenvalue weighted by atomic mass is 10.2. The highest BCUT2D eigenvalue weighted by Gasteiger charge is 2.02. The molecule has 2 heterocycles. The Morgan fingerprint density at radius 1 is 1.24 bits per heavy atom. The second kappa shape index (κ2) is 8.07. The van der Waals surface area contributed by atoms with Crippen molar-refractivity contribution >= 4 is 17.8 Å². The molecular weight excluding hydrogens is 318 g/mol. The molecule has 3 rings (SSSR count). The van der Waals surface area contributed by atoms with Crippen LogP contribution >= 0.6 is 0 Å². The normalized spacial score (nSPS) is 11.1. The zero-order valence-electron chi connectivity index (χ0n) is 13.9. The van der Waals surface area contributed by atoms with E-state index < -0.39 is 0 Å². The lowest BCUT2D eigenvalue weighted by molar-refractivity contribution is -0.111. The maximum Gasteiger partial charge on any atom is 0.249 e. The standard InChI is InChI=1S/C18H19N5O2/c1-25-13-12-23-10-8-17(21-23)20-18(24)7-4-15-2-5-16(6-3-15)22-11-9-19-14-22/h2-11,14H,12-13H2,1H3,(H,20,21,24)/b7-4+. The molecule has 0 radical (unpaired) electrons. The monoisotopic (exact) mass is 337 g/mol. The number of rotatable bonds is 7. The molecule has 0 fully saturated rings. The fourth-order valence-corrected chi connectivity index (χ4v) is 2.25. The van der Waals surface area contributed by atoms with Crippen molar-refractivity contribution in [1.82, 2.24) is 19.3 Å². The number of aromatic nitrogens is 4. The molecule has 0 saturated heterocycles. The molecule has 0 unspecified atom stereocenters. The Balaban J connectivity index is 1.56. The smallest absolute Gasteiger partial charge is 0.249 e. The Labute approximate surface area is 145 Å². The van der Waals surface area contributed by atoms with Crippen LogP contribution < -0.4 is 5.32 Å². The molecule has 25 heavy (non-hydrogen) atoms. The Morgan fingerprint density at radius 2 is 2.08 bits per heavy atom. The molecule has 0 aliphatic rings. The number of benzene rings is 1. The molecule has 128 valence electrons. The fourth-order valence-electron chi connectivity index (χ4n) is 2.25. The van der Waals surface area contributed by atoms with Gasteiger partial charge in [0.05, 0.1) is 19.5 Å². The second-order valence-electron chi connectivity index (χ2n) is 5.34. The summed E-state index contributed by atoms with van der Waals surface area (Å²) in [5.41, 5.74) is 1.95. The topological polar surface area (TPSA) is 74.0 Å². The van der Waals surface area contributed by atoms with E-state index in [1.807, 2.05) is 35.0 Å². The minimum Gasteiger partial charge on any atom is -0.383 e. The second-order valence-corrected chi connectivity index (χ2v) is 5.34. The van der Waals surface area contributed by atoms with Gasteiger partial charge in [0.1, 0.15) is 0 Å². The van der Waals surface area contributed by atoms with Crippen LogP contribution in [0.25, 0.3) is 11.8 Å². The summed E-state index contributed by atoms with van der Waals surface area (Å²) < 4.78 is 8.63. The lowest BCUT2D eigenvalue weighted by Crippen LogP contribution is -2.10. The zero-order valence-corrected chi connectivity index (χ0v) is 13.9. The van der Waals surface area contributed by atoms with Crippen LogP contribution in [-0.4, -0.2) is 39.0 Å². The number of ether oxygens (including phenoxy) is 1. The van der Waals surface area contributed by atoms with Gasteiger partial charge in [0.25, 0.3) is 0 Å². The molecule has 0 bridgehead atoms. The number of anilines is 1. The Morgan fingerprint density at radius 3 is 2.80 bits per heavy atom. The van der Waals surface area contributed by atoms with E-state index in [4.69, 9.17) is 4.74 Å². The first-order chi connectivity index (χ1) is 12.2. The van der Waals surface area contributed by atoms with Gasteiger partial charge >= 0.3 is 0 Å². The third-order valence-corrected chi connectivity index (χ3v) is 3.54. The van der Waals surface area contributed by atoms with Gasteiger partial charge in [-0.3, -0.25) is 9.48 Å². The minimum absolute atomic E-state index is 0.226. The summed E-state index contributed by atoms with van der Waals surface area (Å²) in [6.45, 7) is 1.22. The van der Waals surface area contributed by atoms with Crippen molar-refractivity contribution in [3.63, 3.8) is 0 Å². The van der Waals surface area contributed by atoms with Crippen LogP contribution in [0.15, 0.2) is 61.3 Å². The number of carbonyl (C=O) groups is 1. The van der Waals surface area contributed by atoms with Gasteiger partial charge in [-0.15, -0.1) is 0 Å². The van der Waals surface area contributed by atoms with Crippen LogP contribution in [0.3, 0.4) is 0 Å². The van der Waals surface area contributed by atoms with Gasteiger partial charge in [-0.05, 0) is 23.8 Å². The predicted octanol–water partition coefficient (Wildman–Crippen LogP) is 2.37. The number of imidazole rings is 1. The number of nitrogens with zero attached hydrogens (tertiary/aromatic N) is 4. The summed E-state index contributed by atoms with van der Waals surface area (Å²) in [7, 11) is 1.64. The maximum atomic E-state index is 12.0. The molecule has 2 aromatic heterocycles. The van der Waals surface area contributed by atoms with Gasteiger partial charge in [-0.1, -0.05) is 12.1 Å². The molecule has 0 saturated carbocycles. The average molecular weight is 337 g/mol. The van der Waals surface area contributed by atoms with E-state index in [2.05, 4.69) is 15.4 Å². The molecule has 0 spiro atoms. The van der Waals surface area contributed by atoms with Gasteiger partial charge in [0, 0.05) is 43.5 Å². The quantitative estimate of drug-likeness (QED) is 0.672. The van der Waals surface area contributed by atoms with Crippen LogP contribution in [0.5, 0.6) is 0 Å². The Bertz CT molecular complexity index is 835. The average Bonchev–Trinajstić information content (AvgIpc) is 3.31. The van der Waals surface area contributed by atoms with E-state index in [-0.39, 0.29) is 5.91 Å². The summed E-state index contributed by atoms with van der Waals surface area (Å²) in [6.07, 6.45) is 10.4. The van der Waals surface area contributed by atoms with Crippen molar-refractivity contribution in [2.24, 2.45) is 0 Å². The highest BCUT2D eigenvalue weighted by atomic mass is 16.5. The highest BCUT2D eigenvalue weighted by molar-refractivity contribution is 6.01. The third-order valence-electron chi connectivity index (χ3n) is 3.54. The van der Waals surface area contributed by atoms with E-state index >= 15 is 0 Å². The van der Waals surface area contributed by atoms with Gasteiger partial charge in [0.15, 0.2) is 5.82 Å². The van der Waals surface area contributed by atoms with Crippen molar-refractivity contribution in [3.8, 4) is 5.69 Å². The molecule has 7 heteroatoms. The maximum absolute atomic E-state index is 12.0. The molecule has 0 atom stereocenters. The lowest BCUT2D eigenvalue weighted by Gasteiger charge is -2.02. The van der Waals surface area contributed by atoms with Crippen LogP contribution in [0, 0.1) is 0 Å². The number of methoxy groups -OCH3 is 1. The largest absolute Gasteiger partial charge is 0.383 e. The van der Waals surface area contributed by atoms with E-state index in [0.29, 0.717) is 19.0 Å². The molecular formula is C18H19N5O2. The van der Waals surface area contributed by atoms with Gasteiger partial charge < -0.3 is 14.6 Å². The van der Waals surface area contributed by atoms with E-state index in [9.17, 15) is 4.79 Å². The van der Waals surface area contributed by atoms with E-state index in [1.54, 1.807) is 42.7 Å². The molecule has 1 N–H and O–H groups in total. The van der Waals surface area contributed by atoms with Crippen molar-refractivity contribution in [1.29, 1.82) is 0 Å². The first-order valence-corrected chi connectivity index (χ1v) is 7.84. The summed E-state index contributed by atoms with van der Waals surface area (Å²) in [6, 6.07) is 9.58. The number of amides is 1. The summed E-state index contributed by atoms with van der Waals surface area (Å²) in [5.74, 6) is 0.289. The van der Waals surface area contributed by atoms with Crippen LogP contribution in [-0.2, 0) is 16.1 Å². The van der Waals surface area contributed by atoms with Gasteiger partial charge in [0.2, 0.25) is 5.91 Å².